The van der Waals surface area contributed by atoms with Gasteiger partial charge in [-0.2, -0.15) is 0 Å². The molecule has 0 bridgehead atoms. The summed E-state index contributed by atoms with van der Waals surface area (Å²) in [5.74, 6) is 5.43. The van der Waals surface area contributed by atoms with Gasteiger partial charge < -0.3 is 0 Å². The SMILES string of the molecule is CC[SH]1CCC(C2=CCCC=C2)CC1. The number of rotatable bonds is 2. The summed E-state index contributed by atoms with van der Waals surface area (Å²) in [6, 6.07) is 0. The van der Waals surface area contributed by atoms with Gasteiger partial charge in [-0.15, -0.1) is 0 Å². The second-order valence-corrected chi connectivity index (χ2v) is 7.26. The molecule has 0 radical (unpaired) electrons. The summed E-state index contributed by atoms with van der Waals surface area (Å²) < 4.78 is 0. The third-order valence-corrected chi connectivity index (χ3v) is 6.21. The monoisotopic (exact) mass is 210 g/mol. The number of hydrogen-bond acceptors (Lipinski definition) is 0. The smallest absolute Gasteiger partial charge is 0.0151 e. The summed E-state index contributed by atoms with van der Waals surface area (Å²) in [5, 5.41) is 0. The lowest BCUT2D eigenvalue weighted by atomic mass is 9.90. The maximum atomic E-state index is 2.48. The zero-order chi connectivity index (χ0) is 9.80. The van der Waals surface area contributed by atoms with E-state index >= 15 is 0 Å². The summed E-state index contributed by atoms with van der Waals surface area (Å²) in [5.41, 5.74) is 1.65. The van der Waals surface area contributed by atoms with E-state index in [1.54, 1.807) is 5.57 Å². The first-order valence-electron chi connectivity index (χ1n) is 5.99. The molecule has 0 unspecified atom stereocenters. The lowest BCUT2D eigenvalue weighted by molar-refractivity contribution is 0.572. The topological polar surface area (TPSA) is 0 Å². The molecule has 1 heteroatoms. The van der Waals surface area contributed by atoms with Crippen LogP contribution in [0, 0.1) is 5.92 Å². The fourth-order valence-electron chi connectivity index (χ4n) is 2.52. The van der Waals surface area contributed by atoms with Gasteiger partial charge >= 0.3 is 0 Å². The average Bonchev–Trinajstić information content (AvgIpc) is 2.30. The normalized spacial score (nSPS) is 35.4. The third kappa shape index (κ3) is 2.44. The highest BCUT2D eigenvalue weighted by Crippen LogP contribution is 2.38. The van der Waals surface area contributed by atoms with Crippen molar-refractivity contribution >= 4 is 10.9 Å². The average molecular weight is 210 g/mol. The molecule has 2 rings (SSSR count). The predicted molar refractivity (Wildman–Crippen MR) is 68.4 cm³/mol. The van der Waals surface area contributed by atoms with Crippen molar-refractivity contribution in [2.75, 3.05) is 17.3 Å². The fourth-order valence-corrected chi connectivity index (χ4v) is 4.73. The van der Waals surface area contributed by atoms with Gasteiger partial charge in [-0.3, -0.25) is 10.9 Å². The van der Waals surface area contributed by atoms with Crippen molar-refractivity contribution in [1.29, 1.82) is 0 Å². The van der Waals surface area contributed by atoms with Gasteiger partial charge in [-0.25, -0.2) is 0 Å². The van der Waals surface area contributed by atoms with Crippen molar-refractivity contribution in [2.24, 2.45) is 5.92 Å². The summed E-state index contributed by atoms with van der Waals surface area (Å²) in [4.78, 5) is 0. The summed E-state index contributed by atoms with van der Waals surface area (Å²) >= 11 is 0. The van der Waals surface area contributed by atoms with Crippen LogP contribution in [0.2, 0.25) is 0 Å². The second kappa shape index (κ2) is 5.06. The van der Waals surface area contributed by atoms with Crippen LogP contribution in [0.15, 0.2) is 23.8 Å². The number of thiol groups is 1. The van der Waals surface area contributed by atoms with Crippen LogP contribution >= 0.6 is 10.9 Å². The molecule has 0 aromatic heterocycles. The standard InChI is InChI=1S/C13H22S/c1-2-14-10-8-13(9-11-14)12-6-4-3-5-7-12/h4,6-7,13-14H,2-3,5,8-11H2,1H3. The van der Waals surface area contributed by atoms with Crippen LogP contribution in [0.1, 0.15) is 32.6 Å². The fraction of sp³-hybridized carbons (Fsp3) is 0.692. The van der Waals surface area contributed by atoms with Gasteiger partial charge in [0, 0.05) is 0 Å². The van der Waals surface area contributed by atoms with Gasteiger partial charge in [-0.05, 0) is 54.4 Å². The minimum Gasteiger partial charge on any atom is -0.254 e. The predicted octanol–water partition coefficient (Wildman–Crippen LogP) is 3.69. The first kappa shape index (κ1) is 10.4. The molecule has 0 nitrogen and oxygen atoms in total. The molecule has 0 aromatic carbocycles. The quantitative estimate of drug-likeness (QED) is 0.660. The van der Waals surface area contributed by atoms with E-state index in [-0.39, 0.29) is 0 Å². The van der Waals surface area contributed by atoms with Crippen LogP contribution in [-0.2, 0) is 0 Å². The van der Waals surface area contributed by atoms with Gasteiger partial charge in [-0.1, -0.05) is 25.2 Å². The van der Waals surface area contributed by atoms with Gasteiger partial charge in [0.1, 0.15) is 0 Å². The molecule has 0 aromatic rings. The van der Waals surface area contributed by atoms with Crippen LogP contribution < -0.4 is 0 Å². The van der Waals surface area contributed by atoms with Crippen molar-refractivity contribution in [3.8, 4) is 0 Å². The van der Waals surface area contributed by atoms with Crippen molar-refractivity contribution in [3.63, 3.8) is 0 Å². The van der Waals surface area contributed by atoms with Gasteiger partial charge in [0.05, 0.1) is 0 Å². The van der Waals surface area contributed by atoms with E-state index in [1.165, 1.54) is 42.9 Å². The second-order valence-electron chi connectivity index (χ2n) is 4.39. The Hall–Kier alpha value is -0.170. The summed E-state index contributed by atoms with van der Waals surface area (Å²) in [7, 11) is 0.432. The van der Waals surface area contributed by atoms with Crippen LogP contribution in [0.5, 0.6) is 0 Å². The third-order valence-electron chi connectivity index (χ3n) is 3.53. The molecular weight excluding hydrogens is 188 g/mol. The summed E-state index contributed by atoms with van der Waals surface area (Å²) in [6.07, 6.45) is 12.7. The lowest BCUT2D eigenvalue weighted by Gasteiger charge is -2.32. The molecule has 1 fully saturated rings. The largest absolute Gasteiger partial charge is 0.254 e. The molecule has 80 valence electrons. The molecule has 1 aliphatic heterocycles. The zero-order valence-electron chi connectivity index (χ0n) is 9.21. The molecule has 14 heavy (non-hydrogen) atoms. The molecule has 1 heterocycles. The van der Waals surface area contributed by atoms with Gasteiger partial charge in [0.2, 0.25) is 0 Å². The molecule has 0 saturated carbocycles. The van der Waals surface area contributed by atoms with Crippen LogP contribution in [0.25, 0.3) is 0 Å². The maximum Gasteiger partial charge on any atom is -0.0151 e. The van der Waals surface area contributed by atoms with Crippen molar-refractivity contribution in [3.05, 3.63) is 23.8 Å². The molecule has 0 atom stereocenters. The van der Waals surface area contributed by atoms with E-state index in [4.69, 9.17) is 0 Å². The van der Waals surface area contributed by atoms with Crippen molar-refractivity contribution in [1.82, 2.24) is 0 Å². The molecule has 2 aliphatic rings. The maximum absolute atomic E-state index is 2.48. The number of allylic oxidation sites excluding steroid dienone is 4. The van der Waals surface area contributed by atoms with E-state index in [0.717, 1.165) is 5.92 Å². The molecule has 0 N–H and O–H groups in total. The molecular formula is C13H22S. The van der Waals surface area contributed by atoms with Gasteiger partial charge in [0.25, 0.3) is 0 Å². The van der Waals surface area contributed by atoms with E-state index < -0.39 is 0 Å². The highest BCUT2D eigenvalue weighted by Gasteiger charge is 2.20. The Morgan fingerprint density at radius 2 is 2.07 bits per heavy atom. The van der Waals surface area contributed by atoms with E-state index in [2.05, 4.69) is 25.2 Å². The van der Waals surface area contributed by atoms with Crippen LogP contribution in [-0.4, -0.2) is 17.3 Å². The van der Waals surface area contributed by atoms with E-state index in [0.29, 0.717) is 10.9 Å². The first-order valence-corrected chi connectivity index (χ1v) is 7.89. The molecule has 0 amide bonds. The zero-order valence-corrected chi connectivity index (χ0v) is 10.1. The lowest BCUT2D eigenvalue weighted by Crippen LogP contribution is -2.16. The van der Waals surface area contributed by atoms with E-state index in [1.807, 2.05) is 0 Å². The Kier molecular flexibility index (Phi) is 3.74. The Balaban J connectivity index is 1.88. The molecule has 1 aliphatic carbocycles. The highest BCUT2D eigenvalue weighted by molar-refractivity contribution is 8.17. The minimum atomic E-state index is 0.432. The highest BCUT2D eigenvalue weighted by atomic mass is 32.2. The van der Waals surface area contributed by atoms with Crippen molar-refractivity contribution < 1.29 is 0 Å². The Bertz CT molecular complexity index is 232. The van der Waals surface area contributed by atoms with Crippen molar-refractivity contribution in [2.45, 2.75) is 32.6 Å². The van der Waals surface area contributed by atoms with Gasteiger partial charge in [0.15, 0.2) is 0 Å². The Labute approximate surface area is 90.8 Å². The van der Waals surface area contributed by atoms with Crippen LogP contribution in [0.3, 0.4) is 0 Å². The Morgan fingerprint density at radius 1 is 1.29 bits per heavy atom. The van der Waals surface area contributed by atoms with Crippen LogP contribution in [0.4, 0.5) is 0 Å². The number of hydrogen-bond donors (Lipinski definition) is 1. The Morgan fingerprint density at radius 3 is 2.64 bits per heavy atom. The van der Waals surface area contributed by atoms with E-state index in [9.17, 15) is 0 Å². The summed E-state index contributed by atoms with van der Waals surface area (Å²) in [6.45, 7) is 2.37. The molecule has 0 spiro atoms. The molecule has 1 saturated heterocycles. The minimum absolute atomic E-state index is 0.432. The first-order chi connectivity index (χ1) is 6.90.